The third-order valence-electron chi connectivity index (χ3n) is 4.11. The number of amides is 1. The van der Waals surface area contributed by atoms with Crippen LogP contribution in [-0.2, 0) is 14.8 Å². The lowest BCUT2D eigenvalue weighted by Gasteiger charge is -2.14. The summed E-state index contributed by atoms with van der Waals surface area (Å²) >= 11 is 17.6. The molecule has 3 rings (SSSR count). The van der Waals surface area contributed by atoms with E-state index in [2.05, 4.69) is 10.0 Å². The maximum atomic E-state index is 12.8. The number of nitrogens with one attached hydrogen (secondary N) is 2. The number of halogens is 3. The molecule has 7 nitrogen and oxygen atoms in total. The highest BCUT2D eigenvalue weighted by molar-refractivity contribution is 7.92. The van der Waals surface area contributed by atoms with E-state index in [0.717, 1.165) is 0 Å². The molecule has 3 aromatic rings. The number of benzene rings is 3. The Morgan fingerprint density at radius 2 is 1.66 bits per heavy atom. The number of rotatable bonds is 8. The Hall–Kier alpha value is -2.65. The fourth-order valence-electron chi connectivity index (χ4n) is 2.59. The van der Waals surface area contributed by atoms with Crippen LogP contribution in [0.15, 0.2) is 65.6 Å². The van der Waals surface area contributed by atoms with E-state index in [1.54, 1.807) is 30.3 Å². The number of hydrogen-bond donors (Lipinski definition) is 2. The molecule has 0 radical (unpaired) electrons. The molecule has 32 heavy (non-hydrogen) atoms. The molecule has 0 aliphatic rings. The molecule has 0 spiro atoms. The van der Waals surface area contributed by atoms with Crippen molar-refractivity contribution in [3.8, 4) is 11.5 Å². The second kappa shape index (κ2) is 10.3. The predicted molar refractivity (Wildman–Crippen MR) is 126 cm³/mol. The molecule has 0 bridgehead atoms. The summed E-state index contributed by atoms with van der Waals surface area (Å²) < 4.78 is 38.6. The highest BCUT2D eigenvalue weighted by atomic mass is 35.5. The van der Waals surface area contributed by atoms with Gasteiger partial charge >= 0.3 is 0 Å². The maximum absolute atomic E-state index is 12.8. The fraction of sp³-hybridized carbons (Fsp3) is 0.0952. The van der Waals surface area contributed by atoms with Gasteiger partial charge in [-0.05, 0) is 60.7 Å². The normalized spacial score (nSPS) is 11.0. The van der Waals surface area contributed by atoms with Crippen LogP contribution in [0.4, 0.5) is 11.4 Å². The van der Waals surface area contributed by atoms with Crippen molar-refractivity contribution in [3.63, 3.8) is 0 Å². The monoisotopic (exact) mass is 514 g/mol. The van der Waals surface area contributed by atoms with Gasteiger partial charge in [-0.1, -0.05) is 34.8 Å². The van der Waals surface area contributed by atoms with E-state index in [0.29, 0.717) is 16.5 Å². The first-order valence-electron chi connectivity index (χ1n) is 9.02. The van der Waals surface area contributed by atoms with Gasteiger partial charge in [0.15, 0.2) is 6.61 Å². The zero-order valence-electron chi connectivity index (χ0n) is 16.6. The second-order valence-corrected chi connectivity index (χ2v) is 9.32. The lowest BCUT2D eigenvalue weighted by molar-refractivity contribution is -0.118. The lowest BCUT2D eigenvalue weighted by atomic mass is 10.2. The van der Waals surface area contributed by atoms with E-state index in [4.69, 9.17) is 44.3 Å². The second-order valence-electron chi connectivity index (χ2n) is 6.39. The van der Waals surface area contributed by atoms with E-state index in [9.17, 15) is 13.2 Å². The molecule has 0 aliphatic heterocycles. The first-order valence-corrected chi connectivity index (χ1v) is 11.6. The van der Waals surface area contributed by atoms with Crippen molar-refractivity contribution in [1.82, 2.24) is 0 Å². The number of hydrogen-bond acceptors (Lipinski definition) is 5. The van der Waals surface area contributed by atoms with Crippen molar-refractivity contribution < 1.29 is 22.7 Å². The van der Waals surface area contributed by atoms with E-state index >= 15 is 0 Å². The van der Waals surface area contributed by atoms with Gasteiger partial charge in [0, 0.05) is 10.7 Å². The van der Waals surface area contributed by atoms with Gasteiger partial charge in [0.05, 0.1) is 27.7 Å². The zero-order chi connectivity index (χ0) is 23.3. The molecule has 0 atom stereocenters. The average Bonchev–Trinajstić information content (AvgIpc) is 2.75. The summed E-state index contributed by atoms with van der Waals surface area (Å²) in [6.07, 6.45) is 0. The van der Waals surface area contributed by atoms with Gasteiger partial charge in [0.2, 0.25) is 0 Å². The number of carbonyl (C=O) groups excluding carboxylic acids is 1. The Bertz CT molecular complexity index is 1230. The van der Waals surface area contributed by atoms with Gasteiger partial charge < -0.3 is 14.8 Å². The molecule has 11 heteroatoms. The molecule has 0 saturated carbocycles. The molecule has 0 unspecified atom stereocenters. The Labute approximate surface area is 200 Å². The van der Waals surface area contributed by atoms with Crippen molar-refractivity contribution in [2.24, 2.45) is 0 Å². The summed E-state index contributed by atoms with van der Waals surface area (Å²) in [6, 6.07) is 15.0. The van der Waals surface area contributed by atoms with Gasteiger partial charge in [-0.3, -0.25) is 9.52 Å². The van der Waals surface area contributed by atoms with Crippen molar-refractivity contribution >= 4 is 62.1 Å². The van der Waals surface area contributed by atoms with Crippen LogP contribution < -0.4 is 19.5 Å². The molecule has 0 saturated heterocycles. The van der Waals surface area contributed by atoms with Crippen LogP contribution in [-0.4, -0.2) is 28.0 Å². The summed E-state index contributed by atoms with van der Waals surface area (Å²) in [5.74, 6) is 0.293. The molecular formula is C21H17Cl3N2O5S. The van der Waals surface area contributed by atoms with Crippen LogP contribution in [0.1, 0.15) is 0 Å². The third kappa shape index (κ3) is 6.20. The minimum atomic E-state index is -4.00. The van der Waals surface area contributed by atoms with E-state index in [1.165, 1.54) is 37.4 Å². The van der Waals surface area contributed by atoms with Crippen LogP contribution in [0.3, 0.4) is 0 Å². The topological polar surface area (TPSA) is 93.7 Å². The first kappa shape index (κ1) is 24.0. The van der Waals surface area contributed by atoms with Crippen LogP contribution in [0, 0.1) is 0 Å². The average molecular weight is 516 g/mol. The van der Waals surface area contributed by atoms with Crippen LogP contribution >= 0.6 is 34.8 Å². The van der Waals surface area contributed by atoms with Gasteiger partial charge in [-0.25, -0.2) is 8.42 Å². The van der Waals surface area contributed by atoms with Gasteiger partial charge in [-0.2, -0.15) is 0 Å². The van der Waals surface area contributed by atoms with Crippen molar-refractivity contribution in [2.75, 3.05) is 23.8 Å². The predicted octanol–water partition coefficient (Wildman–Crippen LogP) is 5.47. The van der Waals surface area contributed by atoms with E-state index in [-0.39, 0.29) is 33.0 Å². The summed E-state index contributed by atoms with van der Waals surface area (Å²) in [6.45, 7) is -0.252. The molecule has 168 valence electrons. The van der Waals surface area contributed by atoms with Crippen LogP contribution in [0.2, 0.25) is 15.1 Å². The minimum absolute atomic E-state index is 0.0836. The summed E-state index contributed by atoms with van der Waals surface area (Å²) in [5, 5.41) is 3.52. The number of ether oxygens (including phenoxy) is 2. The minimum Gasteiger partial charge on any atom is -0.495 e. The summed E-state index contributed by atoms with van der Waals surface area (Å²) in [5.41, 5.74) is 0.456. The molecule has 2 N–H and O–H groups in total. The number of methoxy groups -OCH3 is 1. The SMILES string of the molecule is COc1ccc(NC(=O)COc2ccc(Cl)cc2)cc1NS(=O)(=O)c1ccc(Cl)c(Cl)c1. The maximum Gasteiger partial charge on any atom is 0.262 e. The summed E-state index contributed by atoms with van der Waals surface area (Å²) in [7, 11) is -2.61. The molecule has 0 fully saturated rings. The van der Waals surface area contributed by atoms with Crippen molar-refractivity contribution in [2.45, 2.75) is 4.90 Å². The molecule has 3 aromatic carbocycles. The first-order chi connectivity index (χ1) is 15.2. The number of anilines is 2. The van der Waals surface area contributed by atoms with Crippen molar-refractivity contribution in [3.05, 3.63) is 75.7 Å². The molecule has 0 heterocycles. The molecule has 0 aliphatic carbocycles. The largest absolute Gasteiger partial charge is 0.495 e. The Morgan fingerprint density at radius 3 is 2.31 bits per heavy atom. The number of carbonyl (C=O) groups is 1. The smallest absolute Gasteiger partial charge is 0.262 e. The van der Waals surface area contributed by atoms with E-state index < -0.39 is 15.9 Å². The van der Waals surface area contributed by atoms with Gasteiger partial charge in [0.25, 0.3) is 15.9 Å². The third-order valence-corrected chi connectivity index (χ3v) is 6.47. The highest BCUT2D eigenvalue weighted by Crippen LogP contribution is 2.31. The fourth-order valence-corrected chi connectivity index (χ4v) is 4.17. The summed E-state index contributed by atoms with van der Waals surface area (Å²) in [4.78, 5) is 12.2. The van der Waals surface area contributed by atoms with E-state index in [1.807, 2.05) is 0 Å². The molecular weight excluding hydrogens is 499 g/mol. The van der Waals surface area contributed by atoms with Crippen LogP contribution in [0.5, 0.6) is 11.5 Å². The van der Waals surface area contributed by atoms with Gasteiger partial charge in [-0.15, -0.1) is 0 Å². The van der Waals surface area contributed by atoms with Gasteiger partial charge in [0.1, 0.15) is 11.5 Å². The molecule has 0 aromatic heterocycles. The Balaban J connectivity index is 1.73. The Morgan fingerprint density at radius 1 is 0.938 bits per heavy atom. The highest BCUT2D eigenvalue weighted by Gasteiger charge is 2.18. The standard InChI is InChI=1S/C21H17Cl3N2O5S/c1-30-20-9-4-14(25-21(27)12-31-15-5-2-13(22)3-6-15)10-19(20)26-32(28,29)16-7-8-17(23)18(24)11-16/h2-11,26H,12H2,1H3,(H,25,27). The van der Waals surface area contributed by atoms with Crippen LogP contribution in [0.25, 0.3) is 0 Å². The number of sulfonamides is 1. The Kier molecular flexibility index (Phi) is 7.73. The van der Waals surface area contributed by atoms with Crippen molar-refractivity contribution in [1.29, 1.82) is 0 Å². The lowest BCUT2D eigenvalue weighted by Crippen LogP contribution is -2.20. The zero-order valence-corrected chi connectivity index (χ0v) is 19.6. The quantitative estimate of drug-likeness (QED) is 0.415. The molecule has 1 amide bonds.